The number of nitrogens with zero attached hydrogens (tertiary/aromatic N) is 2. The summed E-state index contributed by atoms with van der Waals surface area (Å²) in [6.07, 6.45) is -0.260. The van der Waals surface area contributed by atoms with Crippen LogP contribution in [0.5, 0.6) is 0 Å². The van der Waals surface area contributed by atoms with Gasteiger partial charge in [-0.25, -0.2) is 9.18 Å². The van der Waals surface area contributed by atoms with Crippen molar-refractivity contribution in [2.45, 2.75) is 37.4 Å². The average Bonchev–Trinajstić information content (AvgIpc) is 2.93. The van der Waals surface area contributed by atoms with Gasteiger partial charge in [0.1, 0.15) is 6.04 Å². The molecular weight excluding hydrogens is 385 g/mol. The summed E-state index contributed by atoms with van der Waals surface area (Å²) in [5, 5.41) is 11.1. The van der Waals surface area contributed by atoms with Crippen LogP contribution in [0.1, 0.15) is 46.4 Å². The third kappa shape index (κ3) is 3.04. The first-order valence-corrected chi connectivity index (χ1v) is 9.24. The summed E-state index contributed by atoms with van der Waals surface area (Å²) >= 11 is 0. The second-order valence-electron chi connectivity index (χ2n) is 7.43. The number of halogens is 1. The Hall–Kier alpha value is -3.30. The number of rotatable bonds is 3. The van der Waals surface area contributed by atoms with E-state index >= 15 is 0 Å². The maximum Gasteiger partial charge on any atom is 0.341 e. The Bertz CT molecular complexity index is 953. The van der Waals surface area contributed by atoms with Crippen molar-refractivity contribution in [1.29, 1.82) is 0 Å². The number of amides is 4. The molecule has 3 aliphatic rings. The lowest BCUT2D eigenvalue weighted by Crippen LogP contribution is -2.54. The first kappa shape index (κ1) is 19.0. The van der Waals surface area contributed by atoms with Gasteiger partial charge < -0.3 is 10.0 Å². The number of piperidine rings is 2. The smallest absolute Gasteiger partial charge is 0.341 e. The molecule has 1 aromatic rings. The number of imide groups is 2. The molecule has 1 aromatic carbocycles. The van der Waals surface area contributed by atoms with E-state index in [2.05, 4.69) is 5.32 Å². The van der Waals surface area contributed by atoms with E-state index in [1.807, 2.05) is 0 Å². The number of anilines is 1. The fraction of sp³-hybridized carbons (Fsp3) is 0.421. The van der Waals surface area contributed by atoms with Crippen LogP contribution in [0.4, 0.5) is 10.1 Å². The molecule has 0 bridgehead atoms. The summed E-state index contributed by atoms with van der Waals surface area (Å²) in [4.78, 5) is 62.7. The molecular formula is C19H18FN3O6. The van der Waals surface area contributed by atoms with Gasteiger partial charge in [0.15, 0.2) is 0 Å². The van der Waals surface area contributed by atoms with Crippen LogP contribution in [0.15, 0.2) is 18.2 Å². The van der Waals surface area contributed by atoms with Gasteiger partial charge in [-0.2, -0.15) is 0 Å². The predicted molar refractivity (Wildman–Crippen MR) is 96.0 cm³/mol. The van der Waals surface area contributed by atoms with Gasteiger partial charge in [-0.15, -0.1) is 0 Å². The zero-order valence-corrected chi connectivity index (χ0v) is 15.3. The molecule has 0 saturated carbocycles. The lowest BCUT2D eigenvalue weighted by atomic mass is 9.93. The first-order chi connectivity index (χ1) is 13.7. The number of carbonyl (C=O) groups excluding carboxylic acids is 4. The van der Waals surface area contributed by atoms with Gasteiger partial charge in [0.2, 0.25) is 17.5 Å². The highest BCUT2D eigenvalue weighted by Gasteiger charge is 2.45. The lowest BCUT2D eigenvalue weighted by molar-refractivity contribution is -0.152. The summed E-state index contributed by atoms with van der Waals surface area (Å²) in [7, 11) is 0. The maximum atomic E-state index is 14.2. The van der Waals surface area contributed by atoms with Crippen LogP contribution in [0, 0.1) is 0 Å². The van der Waals surface area contributed by atoms with E-state index in [0.29, 0.717) is 5.69 Å². The number of alkyl halides is 1. The average molecular weight is 403 g/mol. The van der Waals surface area contributed by atoms with E-state index in [0.717, 1.165) is 4.90 Å². The quantitative estimate of drug-likeness (QED) is 0.704. The molecule has 9 nitrogen and oxygen atoms in total. The summed E-state index contributed by atoms with van der Waals surface area (Å²) in [6.45, 7) is 0.307. The predicted octanol–water partition coefficient (Wildman–Crippen LogP) is 0.481. The summed E-state index contributed by atoms with van der Waals surface area (Å²) in [6, 6.07) is 3.56. The Morgan fingerprint density at radius 2 is 1.76 bits per heavy atom. The number of nitrogens with one attached hydrogen (secondary N) is 1. The molecule has 3 heterocycles. The van der Waals surface area contributed by atoms with E-state index in [1.54, 1.807) is 11.0 Å². The van der Waals surface area contributed by atoms with Crippen LogP contribution < -0.4 is 10.2 Å². The minimum atomic E-state index is -2.26. The van der Waals surface area contributed by atoms with Crippen LogP contribution in [-0.2, 0) is 14.4 Å². The van der Waals surface area contributed by atoms with E-state index in [9.17, 15) is 28.4 Å². The molecule has 0 spiro atoms. The highest BCUT2D eigenvalue weighted by molar-refractivity contribution is 6.23. The number of carboxylic acids is 1. The fourth-order valence-electron chi connectivity index (χ4n) is 3.99. The van der Waals surface area contributed by atoms with E-state index in [-0.39, 0.29) is 49.9 Å². The minimum Gasteiger partial charge on any atom is -0.479 e. The minimum absolute atomic E-state index is 0.0391. The molecule has 1 unspecified atom stereocenters. The molecule has 2 saturated heterocycles. The maximum absolute atomic E-state index is 14.2. The molecule has 29 heavy (non-hydrogen) atoms. The third-order valence-corrected chi connectivity index (χ3v) is 5.73. The van der Waals surface area contributed by atoms with Gasteiger partial charge in [-0.1, -0.05) is 0 Å². The molecule has 3 aliphatic heterocycles. The van der Waals surface area contributed by atoms with Crippen molar-refractivity contribution < 1.29 is 33.5 Å². The van der Waals surface area contributed by atoms with Crippen molar-refractivity contribution in [3.05, 3.63) is 29.3 Å². The van der Waals surface area contributed by atoms with Crippen molar-refractivity contribution in [3.8, 4) is 0 Å². The molecule has 152 valence electrons. The van der Waals surface area contributed by atoms with Crippen LogP contribution in [-0.4, -0.2) is 64.4 Å². The lowest BCUT2D eigenvalue weighted by Gasteiger charge is -2.35. The molecule has 10 heteroatoms. The Morgan fingerprint density at radius 1 is 1.10 bits per heavy atom. The Labute approximate surface area is 164 Å². The fourth-order valence-corrected chi connectivity index (χ4v) is 3.99. The first-order valence-electron chi connectivity index (χ1n) is 9.24. The number of hydrogen-bond acceptors (Lipinski definition) is 6. The number of fused-ring (bicyclic) bond motifs is 1. The third-order valence-electron chi connectivity index (χ3n) is 5.73. The van der Waals surface area contributed by atoms with Gasteiger partial charge in [0.05, 0.1) is 11.1 Å². The molecule has 4 amide bonds. The monoisotopic (exact) mass is 403 g/mol. The van der Waals surface area contributed by atoms with Crippen LogP contribution in [0.2, 0.25) is 0 Å². The molecule has 0 radical (unpaired) electrons. The number of carbonyl (C=O) groups is 5. The number of aliphatic carboxylic acids is 1. The summed E-state index contributed by atoms with van der Waals surface area (Å²) < 4.78 is 14.2. The second-order valence-corrected chi connectivity index (χ2v) is 7.43. The number of benzene rings is 1. The normalized spacial score (nSPS) is 23.8. The standard InChI is InChI=1S/C19H18FN3O6/c20-19(18(28)29)5-7-22(8-6-19)10-1-2-11-12(9-10)17(27)23(16(11)26)13-3-4-14(24)21-15(13)25/h1-2,9,13H,3-8H2,(H,28,29)(H,21,24,25). The Balaban J connectivity index is 1.56. The Kier molecular flexibility index (Phi) is 4.36. The number of hydrogen-bond donors (Lipinski definition) is 2. The van der Waals surface area contributed by atoms with Crippen LogP contribution >= 0.6 is 0 Å². The number of carboxylic acid groups (broad SMARTS) is 1. The molecule has 0 aromatic heterocycles. The molecule has 2 N–H and O–H groups in total. The summed E-state index contributed by atoms with van der Waals surface area (Å²) in [5.41, 5.74) is -1.40. The molecule has 4 rings (SSSR count). The van der Waals surface area contributed by atoms with E-state index in [1.165, 1.54) is 12.1 Å². The zero-order valence-electron chi connectivity index (χ0n) is 15.3. The summed E-state index contributed by atoms with van der Waals surface area (Å²) in [5.74, 6) is -3.82. The van der Waals surface area contributed by atoms with Crippen LogP contribution in [0.3, 0.4) is 0 Å². The van der Waals surface area contributed by atoms with Gasteiger partial charge in [-0.05, 0) is 24.6 Å². The largest absolute Gasteiger partial charge is 0.479 e. The second kappa shape index (κ2) is 6.64. The van der Waals surface area contributed by atoms with Crippen molar-refractivity contribution in [1.82, 2.24) is 10.2 Å². The van der Waals surface area contributed by atoms with Gasteiger partial charge in [0, 0.05) is 38.0 Å². The molecule has 0 aliphatic carbocycles. The zero-order chi connectivity index (χ0) is 20.9. The van der Waals surface area contributed by atoms with Crippen molar-refractivity contribution in [3.63, 3.8) is 0 Å². The van der Waals surface area contributed by atoms with Crippen molar-refractivity contribution >= 4 is 35.3 Å². The van der Waals surface area contributed by atoms with Gasteiger partial charge in [0.25, 0.3) is 11.8 Å². The highest BCUT2D eigenvalue weighted by atomic mass is 19.1. The SMILES string of the molecule is O=C1CCC(N2C(=O)c3ccc(N4CCC(F)(C(=O)O)CC4)cc3C2=O)C(=O)N1. The van der Waals surface area contributed by atoms with Crippen LogP contribution in [0.25, 0.3) is 0 Å². The van der Waals surface area contributed by atoms with Crippen molar-refractivity contribution in [2.24, 2.45) is 0 Å². The highest BCUT2D eigenvalue weighted by Crippen LogP contribution is 2.33. The van der Waals surface area contributed by atoms with Gasteiger partial charge in [-0.3, -0.25) is 29.4 Å². The van der Waals surface area contributed by atoms with Gasteiger partial charge >= 0.3 is 5.97 Å². The van der Waals surface area contributed by atoms with E-state index in [4.69, 9.17) is 5.11 Å². The van der Waals surface area contributed by atoms with E-state index < -0.39 is 41.3 Å². The van der Waals surface area contributed by atoms with Crippen molar-refractivity contribution in [2.75, 3.05) is 18.0 Å². The molecule has 2 fully saturated rings. The molecule has 1 atom stereocenters. The topological polar surface area (TPSA) is 124 Å². The Morgan fingerprint density at radius 3 is 2.38 bits per heavy atom.